The summed E-state index contributed by atoms with van der Waals surface area (Å²) in [5.41, 5.74) is 1.93. The lowest BCUT2D eigenvalue weighted by molar-refractivity contribution is -0.151. The number of esters is 1. The molecule has 1 aliphatic heterocycles. The minimum absolute atomic E-state index is 0.0154. The summed E-state index contributed by atoms with van der Waals surface area (Å²) < 4.78 is 5.15. The summed E-state index contributed by atoms with van der Waals surface area (Å²) in [5.74, 6) is -2.82. The quantitative estimate of drug-likeness (QED) is 0.392. The SMILES string of the molecule is O=C(COC(=O)C1CC(=O)N(Cc2ccccc2)C1)Nc1cc2c(cc1Cl)C(=O)c1ccccc1C2=O. The van der Waals surface area contributed by atoms with E-state index >= 15 is 0 Å². The first-order valence-corrected chi connectivity index (χ1v) is 12.0. The molecule has 9 heteroatoms. The van der Waals surface area contributed by atoms with Crippen molar-refractivity contribution in [3.05, 3.63) is 99.6 Å². The lowest BCUT2D eigenvalue weighted by atomic mass is 9.84. The van der Waals surface area contributed by atoms with Crippen molar-refractivity contribution in [2.45, 2.75) is 13.0 Å². The number of anilines is 1. The van der Waals surface area contributed by atoms with E-state index in [1.54, 1.807) is 29.2 Å². The highest BCUT2D eigenvalue weighted by atomic mass is 35.5. The average Bonchev–Trinajstić information content (AvgIpc) is 3.27. The second-order valence-corrected chi connectivity index (χ2v) is 9.31. The van der Waals surface area contributed by atoms with Crippen molar-refractivity contribution >= 4 is 46.6 Å². The van der Waals surface area contributed by atoms with Crippen molar-refractivity contribution in [1.29, 1.82) is 0 Å². The number of ketones is 2. The summed E-state index contributed by atoms with van der Waals surface area (Å²) in [6, 6.07) is 18.6. The fourth-order valence-electron chi connectivity index (χ4n) is 4.54. The van der Waals surface area contributed by atoms with Gasteiger partial charge in [0.05, 0.1) is 16.6 Å². The zero-order valence-corrected chi connectivity index (χ0v) is 20.3. The highest BCUT2D eigenvalue weighted by molar-refractivity contribution is 6.36. The Labute approximate surface area is 217 Å². The van der Waals surface area contributed by atoms with Crippen molar-refractivity contribution in [3.63, 3.8) is 0 Å². The number of hydrogen-bond donors (Lipinski definition) is 1. The molecule has 3 aromatic carbocycles. The van der Waals surface area contributed by atoms with Crippen LogP contribution in [0.15, 0.2) is 66.7 Å². The number of nitrogens with zero attached hydrogens (tertiary/aromatic N) is 1. The highest BCUT2D eigenvalue weighted by Gasteiger charge is 2.36. The molecule has 0 aromatic heterocycles. The topological polar surface area (TPSA) is 110 Å². The Morgan fingerprint density at radius 1 is 0.892 bits per heavy atom. The molecule has 1 unspecified atom stereocenters. The predicted molar refractivity (Wildman–Crippen MR) is 134 cm³/mol. The molecule has 37 heavy (non-hydrogen) atoms. The number of carbonyl (C=O) groups is 5. The summed E-state index contributed by atoms with van der Waals surface area (Å²) in [6.07, 6.45) is 0.0154. The Morgan fingerprint density at radius 3 is 2.19 bits per heavy atom. The number of benzene rings is 3. The Bertz CT molecular complexity index is 1450. The van der Waals surface area contributed by atoms with Crippen LogP contribution in [-0.2, 0) is 25.7 Å². The molecule has 186 valence electrons. The van der Waals surface area contributed by atoms with Crippen molar-refractivity contribution in [2.24, 2.45) is 5.92 Å². The molecule has 1 fully saturated rings. The van der Waals surface area contributed by atoms with Crippen molar-refractivity contribution in [2.75, 3.05) is 18.5 Å². The fraction of sp³-hybridized carbons (Fsp3) is 0.179. The number of carbonyl (C=O) groups excluding carboxylic acids is 5. The van der Waals surface area contributed by atoms with Gasteiger partial charge >= 0.3 is 5.97 Å². The molecular weight excluding hydrogens is 496 g/mol. The maximum Gasteiger partial charge on any atom is 0.311 e. The van der Waals surface area contributed by atoms with Crippen LogP contribution in [0.1, 0.15) is 43.8 Å². The van der Waals surface area contributed by atoms with Gasteiger partial charge in [0.15, 0.2) is 18.2 Å². The molecule has 2 amide bonds. The molecule has 0 bridgehead atoms. The van der Waals surface area contributed by atoms with Crippen LogP contribution in [-0.4, -0.2) is 47.4 Å². The molecule has 0 saturated carbocycles. The largest absolute Gasteiger partial charge is 0.455 e. The summed E-state index contributed by atoms with van der Waals surface area (Å²) >= 11 is 6.28. The first kappa shape index (κ1) is 24.4. The molecule has 1 aliphatic carbocycles. The van der Waals surface area contributed by atoms with E-state index < -0.39 is 24.4 Å². The van der Waals surface area contributed by atoms with Crippen molar-refractivity contribution in [1.82, 2.24) is 4.90 Å². The third-order valence-corrected chi connectivity index (χ3v) is 6.71. The number of nitrogens with one attached hydrogen (secondary N) is 1. The summed E-state index contributed by atoms with van der Waals surface area (Å²) in [7, 11) is 0. The molecular formula is C28H21ClN2O6. The minimum Gasteiger partial charge on any atom is -0.455 e. The van der Waals surface area contributed by atoms with E-state index in [9.17, 15) is 24.0 Å². The third-order valence-electron chi connectivity index (χ3n) is 6.40. The molecule has 1 heterocycles. The second-order valence-electron chi connectivity index (χ2n) is 8.90. The lowest BCUT2D eigenvalue weighted by Gasteiger charge is -2.19. The van der Waals surface area contributed by atoms with Gasteiger partial charge in [-0.25, -0.2) is 0 Å². The normalized spacial score (nSPS) is 16.3. The van der Waals surface area contributed by atoms with Gasteiger partial charge in [0, 0.05) is 41.8 Å². The van der Waals surface area contributed by atoms with Gasteiger partial charge in [0.25, 0.3) is 5.91 Å². The Hall–Kier alpha value is -4.30. The highest BCUT2D eigenvalue weighted by Crippen LogP contribution is 2.33. The first-order valence-electron chi connectivity index (χ1n) is 11.6. The van der Waals surface area contributed by atoms with E-state index in [1.807, 2.05) is 30.3 Å². The van der Waals surface area contributed by atoms with Crippen LogP contribution in [0, 0.1) is 5.92 Å². The number of fused-ring (bicyclic) bond motifs is 2. The number of amides is 2. The fourth-order valence-corrected chi connectivity index (χ4v) is 4.75. The van der Waals surface area contributed by atoms with E-state index in [1.165, 1.54) is 12.1 Å². The van der Waals surface area contributed by atoms with Crippen LogP contribution < -0.4 is 5.32 Å². The van der Waals surface area contributed by atoms with Crippen LogP contribution in [0.5, 0.6) is 0 Å². The van der Waals surface area contributed by atoms with Gasteiger partial charge in [-0.05, 0) is 17.7 Å². The molecule has 1 saturated heterocycles. The lowest BCUT2D eigenvalue weighted by Crippen LogP contribution is -2.28. The van der Waals surface area contributed by atoms with E-state index in [-0.39, 0.29) is 57.8 Å². The van der Waals surface area contributed by atoms with Gasteiger partial charge in [0.1, 0.15) is 0 Å². The number of ether oxygens (including phenoxy) is 1. The van der Waals surface area contributed by atoms with Crippen LogP contribution in [0.4, 0.5) is 5.69 Å². The summed E-state index contributed by atoms with van der Waals surface area (Å²) in [6.45, 7) is 0.0141. The Balaban J connectivity index is 1.20. The Kier molecular flexibility index (Phi) is 6.58. The zero-order chi connectivity index (χ0) is 26.1. The smallest absolute Gasteiger partial charge is 0.311 e. The molecule has 5 rings (SSSR count). The van der Waals surface area contributed by atoms with Gasteiger partial charge in [-0.3, -0.25) is 24.0 Å². The van der Waals surface area contributed by atoms with E-state index in [4.69, 9.17) is 16.3 Å². The van der Waals surface area contributed by atoms with Crippen LogP contribution in [0.25, 0.3) is 0 Å². The molecule has 3 aromatic rings. The van der Waals surface area contributed by atoms with Gasteiger partial charge in [-0.2, -0.15) is 0 Å². The number of hydrogen-bond acceptors (Lipinski definition) is 6. The van der Waals surface area contributed by atoms with Gasteiger partial charge in [-0.15, -0.1) is 0 Å². The van der Waals surface area contributed by atoms with Crippen molar-refractivity contribution < 1.29 is 28.7 Å². The van der Waals surface area contributed by atoms with Crippen LogP contribution in [0.2, 0.25) is 5.02 Å². The number of halogens is 1. The Morgan fingerprint density at radius 2 is 1.51 bits per heavy atom. The van der Waals surface area contributed by atoms with Gasteiger partial charge < -0.3 is 15.0 Å². The molecule has 0 spiro atoms. The molecule has 8 nitrogen and oxygen atoms in total. The van der Waals surface area contributed by atoms with Crippen molar-refractivity contribution in [3.8, 4) is 0 Å². The zero-order valence-electron chi connectivity index (χ0n) is 19.5. The second kappa shape index (κ2) is 9.99. The van der Waals surface area contributed by atoms with E-state index in [0.717, 1.165) is 5.56 Å². The molecule has 1 atom stereocenters. The molecule has 1 N–H and O–H groups in total. The third kappa shape index (κ3) is 4.88. The van der Waals surface area contributed by atoms with Gasteiger partial charge in [-0.1, -0.05) is 66.2 Å². The van der Waals surface area contributed by atoms with Crippen LogP contribution in [0.3, 0.4) is 0 Å². The maximum atomic E-state index is 12.9. The monoisotopic (exact) mass is 516 g/mol. The van der Waals surface area contributed by atoms with Crippen LogP contribution >= 0.6 is 11.6 Å². The minimum atomic E-state index is -0.671. The van der Waals surface area contributed by atoms with E-state index in [0.29, 0.717) is 12.1 Å². The molecule has 2 aliphatic rings. The maximum absolute atomic E-state index is 12.9. The predicted octanol–water partition coefficient (Wildman–Crippen LogP) is 3.65. The standard InChI is InChI=1S/C28H21ClN2O6/c29-22-11-20-21(27(35)19-9-5-4-8-18(19)26(20)34)12-23(22)30-24(32)15-37-28(36)17-10-25(33)31(14-17)13-16-6-2-1-3-7-16/h1-9,11-12,17H,10,13-15H2,(H,30,32). The van der Waals surface area contributed by atoms with E-state index in [2.05, 4.69) is 5.32 Å². The van der Waals surface area contributed by atoms with Gasteiger partial charge in [0.2, 0.25) is 5.91 Å². The summed E-state index contributed by atoms with van der Waals surface area (Å²) in [5, 5.41) is 2.59. The molecule has 0 radical (unpaired) electrons. The first-order chi connectivity index (χ1) is 17.8. The average molecular weight is 517 g/mol. The number of likely N-dealkylation sites (tertiary alicyclic amines) is 1. The summed E-state index contributed by atoms with van der Waals surface area (Å²) in [4.78, 5) is 64.6. The number of rotatable bonds is 6.